The van der Waals surface area contributed by atoms with Crippen LogP contribution in [0.25, 0.3) is 11.4 Å². The summed E-state index contributed by atoms with van der Waals surface area (Å²) in [6.45, 7) is 1.22. The second-order valence-electron chi connectivity index (χ2n) is 8.92. The van der Waals surface area contributed by atoms with Crippen LogP contribution in [-0.2, 0) is 27.8 Å². The van der Waals surface area contributed by atoms with Crippen molar-refractivity contribution >= 4 is 21.6 Å². The summed E-state index contributed by atoms with van der Waals surface area (Å²) < 4.78 is 35.0. The molecular formula is C25H29N5O4S. The Balaban J connectivity index is 1.30. The molecule has 1 fully saturated rings. The van der Waals surface area contributed by atoms with Gasteiger partial charge in [-0.1, -0.05) is 6.42 Å². The number of carbonyl (C=O) groups excluding carboxylic acids is 1. The predicted molar refractivity (Wildman–Crippen MR) is 132 cm³/mol. The van der Waals surface area contributed by atoms with Crippen molar-refractivity contribution in [3.63, 3.8) is 0 Å². The van der Waals surface area contributed by atoms with Crippen LogP contribution < -0.4 is 10.1 Å². The molecule has 0 unspecified atom stereocenters. The minimum Gasteiger partial charge on any atom is -0.497 e. The molecule has 1 amide bonds. The van der Waals surface area contributed by atoms with Crippen LogP contribution in [0.1, 0.15) is 37.9 Å². The number of aromatic nitrogens is 3. The second-order valence-corrected chi connectivity index (χ2v) is 10.8. The summed E-state index contributed by atoms with van der Waals surface area (Å²) in [5.41, 5.74) is 1.55. The maximum absolute atomic E-state index is 13.2. The summed E-state index contributed by atoms with van der Waals surface area (Å²) >= 11 is 0. The van der Waals surface area contributed by atoms with E-state index < -0.39 is 16.1 Å². The van der Waals surface area contributed by atoms with Crippen LogP contribution in [0.15, 0.2) is 53.4 Å². The SMILES string of the molecule is COc1ccc(S(=O)(=O)N2CCC[C@@H]2C(=O)Nc2ccc(-c3nnc4n3CCCCC4)cc2)cc1. The Morgan fingerprint density at radius 3 is 2.49 bits per heavy atom. The molecule has 2 aliphatic rings. The highest BCUT2D eigenvalue weighted by molar-refractivity contribution is 7.89. The van der Waals surface area contributed by atoms with Crippen LogP contribution in [0, 0.1) is 0 Å². The molecule has 10 heteroatoms. The molecule has 2 aliphatic heterocycles. The Bertz CT molecular complexity index is 1300. The van der Waals surface area contributed by atoms with Gasteiger partial charge in [-0.05, 0) is 74.2 Å². The summed E-state index contributed by atoms with van der Waals surface area (Å²) in [7, 11) is -2.27. The van der Waals surface area contributed by atoms with Crippen LogP contribution in [0.3, 0.4) is 0 Å². The number of anilines is 1. The lowest BCUT2D eigenvalue weighted by molar-refractivity contribution is -0.119. The van der Waals surface area contributed by atoms with Crippen molar-refractivity contribution in [1.82, 2.24) is 19.1 Å². The summed E-state index contributed by atoms with van der Waals surface area (Å²) in [4.78, 5) is 13.2. The van der Waals surface area contributed by atoms with Crippen LogP contribution in [0.4, 0.5) is 5.69 Å². The van der Waals surface area contributed by atoms with Crippen molar-refractivity contribution in [2.24, 2.45) is 0 Å². The third kappa shape index (κ3) is 4.68. The van der Waals surface area contributed by atoms with Gasteiger partial charge in [0.05, 0.1) is 12.0 Å². The minimum atomic E-state index is -3.80. The van der Waals surface area contributed by atoms with E-state index in [1.54, 1.807) is 12.1 Å². The van der Waals surface area contributed by atoms with Crippen molar-refractivity contribution in [2.75, 3.05) is 19.0 Å². The molecule has 184 valence electrons. The minimum absolute atomic E-state index is 0.148. The zero-order valence-corrected chi connectivity index (χ0v) is 20.5. The molecule has 1 aromatic heterocycles. The standard InChI is InChI=1S/C25H29N5O4S/c1-34-20-12-14-21(15-13-20)35(32,33)30-17-5-6-22(30)25(31)26-19-10-8-18(9-11-19)24-28-27-23-7-3-2-4-16-29(23)24/h8-15,22H,2-7,16-17H2,1H3,(H,26,31)/t22-/m1/s1. The van der Waals surface area contributed by atoms with E-state index in [-0.39, 0.29) is 10.8 Å². The van der Waals surface area contributed by atoms with E-state index in [1.165, 1.54) is 30.0 Å². The molecule has 3 aromatic rings. The molecule has 35 heavy (non-hydrogen) atoms. The highest BCUT2D eigenvalue weighted by atomic mass is 32.2. The van der Waals surface area contributed by atoms with E-state index in [9.17, 15) is 13.2 Å². The number of sulfonamides is 1. The fourth-order valence-corrected chi connectivity index (χ4v) is 6.46. The Labute approximate surface area is 205 Å². The lowest BCUT2D eigenvalue weighted by atomic mass is 10.1. The van der Waals surface area contributed by atoms with Gasteiger partial charge in [0.1, 0.15) is 17.6 Å². The number of fused-ring (bicyclic) bond motifs is 1. The lowest BCUT2D eigenvalue weighted by Gasteiger charge is -2.23. The number of amides is 1. The molecule has 0 bridgehead atoms. The van der Waals surface area contributed by atoms with Crippen molar-refractivity contribution in [1.29, 1.82) is 0 Å². The summed E-state index contributed by atoms with van der Waals surface area (Å²) in [6, 6.07) is 12.9. The van der Waals surface area contributed by atoms with Gasteiger partial charge in [-0.15, -0.1) is 10.2 Å². The van der Waals surface area contributed by atoms with E-state index in [4.69, 9.17) is 4.74 Å². The average Bonchev–Trinajstić information content (AvgIpc) is 3.47. The maximum atomic E-state index is 13.2. The molecule has 1 saturated heterocycles. The first kappa shape index (κ1) is 23.5. The number of benzene rings is 2. The zero-order chi connectivity index (χ0) is 24.4. The quantitative estimate of drug-likeness (QED) is 0.561. The maximum Gasteiger partial charge on any atom is 0.243 e. The van der Waals surface area contributed by atoms with E-state index in [1.807, 2.05) is 24.3 Å². The largest absolute Gasteiger partial charge is 0.497 e. The monoisotopic (exact) mass is 495 g/mol. The third-order valence-corrected chi connectivity index (χ3v) is 8.61. The predicted octanol–water partition coefficient (Wildman–Crippen LogP) is 3.47. The highest BCUT2D eigenvalue weighted by Gasteiger charge is 2.39. The number of methoxy groups -OCH3 is 1. The van der Waals surface area contributed by atoms with Gasteiger partial charge < -0.3 is 14.6 Å². The molecule has 5 rings (SSSR count). The molecule has 0 saturated carbocycles. The van der Waals surface area contributed by atoms with Crippen molar-refractivity contribution in [3.05, 3.63) is 54.4 Å². The molecule has 9 nitrogen and oxygen atoms in total. The first-order chi connectivity index (χ1) is 17.0. The number of nitrogens with one attached hydrogen (secondary N) is 1. The van der Waals surface area contributed by atoms with Crippen LogP contribution in [-0.4, -0.2) is 53.1 Å². The van der Waals surface area contributed by atoms with E-state index in [2.05, 4.69) is 20.1 Å². The molecule has 0 spiro atoms. The summed E-state index contributed by atoms with van der Waals surface area (Å²) in [6.07, 6.45) is 5.49. The highest BCUT2D eigenvalue weighted by Crippen LogP contribution is 2.29. The molecule has 0 radical (unpaired) electrons. The smallest absolute Gasteiger partial charge is 0.243 e. The van der Waals surface area contributed by atoms with E-state index >= 15 is 0 Å². The number of aryl methyl sites for hydroxylation is 1. The van der Waals surface area contributed by atoms with Crippen molar-refractivity contribution in [3.8, 4) is 17.1 Å². The van der Waals surface area contributed by atoms with Crippen LogP contribution in [0.2, 0.25) is 0 Å². The van der Waals surface area contributed by atoms with Gasteiger partial charge in [0.25, 0.3) is 0 Å². The Morgan fingerprint density at radius 2 is 1.74 bits per heavy atom. The van der Waals surface area contributed by atoms with Gasteiger partial charge in [-0.2, -0.15) is 4.31 Å². The normalized spacial score (nSPS) is 18.6. The van der Waals surface area contributed by atoms with E-state index in [0.717, 1.165) is 43.0 Å². The number of ether oxygens (including phenoxy) is 1. The van der Waals surface area contributed by atoms with Crippen molar-refractivity contribution < 1.29 is 17.9 Å². The fraction of sp³-hybridized carbons (Fsp3) is 0.400. The Morgan fingerprint density at radius 1 is 0.971 bits per heavy atom. The molecular weight excluding hydrogens is 466 g/mol. The number of hydrogen-bond acceptors (Lipinski definition) is 6. The van der Waals surface area contributed by atoms with Crippen LogP contribution >= 0.6 is 0 Å². The number of carbonyl (C=O) groups is 1. The molecule has 3 heterocycles. The number of nitrogens with zero attached hydrogens (tertiary/aromatic N) is 4. The van der Waals surface area contributed by atoms with Gasteiger partial charge in [-0.25, -0.2) is 8.42 Å². The van der Waals surface area contributed by atoms with E-state index in [0.29, 0.717) is 30.8 Å². The van der Waals surface area contributed by atoms with Gasteiger partial charge >= 0.3 is 0 Å². The third-order valence-electron chi connectivity index (χ3n) is 6.69. The summed E-state index contributed by atoms with van der Waals surface area (Å²) in [5.74, 6) is 2.11. The fourth-order valence-electron chi connectivity index (χ4n) is 4.80. The Kier molecular flexibility index (Phi) is 6.57. The Hall–Kier alpha value is -3.24. The number of hydrogen-bond donors (Lipinski definition) is 1. The first-order valence-corrected chi connectivity index (χ1v) is 13.4. The lowest BCUT2D eigenvalue weighted by Crippen LogP contribution is -2.43. The molecule has 0 aliphatic carbocycles. The zero-order valence-electron chi connectivity index (χ0n) is 19.7. The summed E-state index contributed by atoms with van der Waals surface area (Å²) in [5, 5.41) is 11.6. The molecule has 2 aromatic carbocycles. The van der Waals surface area contributed by atoms with Gasteiger partial charge in [0, 0.05) is 30.8 Å². The van der Waals surface area contributed by atoms with Gasteiger partial charge in [0.15, 0.2) is 5.82 Å². The first-order valence-electron chi connectivity index (χ1n) is 12.0. The van der Waals surface area contributed by atoms with Gasteiger partial charge in [-0.3, -0.25) is 4.79 Å². The van der Waals surface area contributed by atoms with Crippen molar-refractivity contribution in [2.45, 2.75) is 56.0 Å². The topological polar surface area (TPSA) is 106 Å². The van der Waals surface area contributed by atoms with Gasteiger partial charge in [0.2, 0.25) is 15.9 Å². The molecule has 1 N–H and O–H groups in total. The number of rotatable bonds is 6. The molecule has 1 atom stereocenters. The average molecular weight is 496 g/mol. The van der Waals surface area contributed by atoms with Crippen LogP contribution in [0.5, 0.6) is 5.75 Å². The second kappa shape index (κ2) is 9.79.